The van der Waals surface area contributed by atoms with Gasteiger partial charge in [-0.1, -0.05) is 136 Å². The highest BCUT2D eigenvalue weighted by Crippen LogP contribution is 2.48. The van der Waals surface area contributed by atoms with Crippen molar-refractivity contribution in [2.45, 2.75) is 174 Å². The van der Waals surface area contributed by atoms with Gasteiger partial charge in [0.15, 0.2) is 0 Å². The molecule has 0 aliphatic heterocycles. The molecular formula is C59H101ClN2O8Si. The molecule has 0 saturated carbocycles. The van der Waals surface area contributed by atoms with E-state index in [2.05, 4.69) is 135 Å². The maximum atomic E-state index is 13.4. The maximum absolute atomic E-state index is 13.4. The Morgan fingerprint density at radius 3 is 1.59 bits per heavy atom. The fourth-order valence-corrected chi connectivity index (χ4v) is 13.9. The molecule has 71 heavy (non-hydrogen) atoms. The van der Waals surface area contributed by atoms with E-state index in [1.807, 2.05) is 37.3 Å². The summed E-state index contributed by atoms with van der Waals surface area (Å²) in [5.41, 5.74) is 2.91. The minimum absolute atomic E-state index is 0.124. The van der Waals surface area contributed by atoms with Crippen molar-refractivity contribution in [2.75, 3.05) is 27.9 Å². The van der Waals surface area contributed by atoms with E-state index in [4.69, 9.17) is 39.2 Å². The average molecular weight is 1030 g/mol. The van der Waals surface area contributed by atoms with Crippen LogP contribution in [-0.2, 0) is 34.0 Å². The SMILES string of the molecule is CCC(C)C(C)C(C)C(C)C(C)C(C)(O[Si](CCCNC(=O)c1ccc(CCC(Cl)c2cc(C)nc(C(=O)OC)c2)cc1)(OC)OC)C(C)C(C)C(C)C(C)C(C)C(C)C(C)C(C)C(C)C(C)C.O=C=O. The van der Waals surface area contributed by atoms with Gasteiger partial charge in [-0.15, -0.1) is 11.6 Å². The van der Waals surface area contributed by atoms with Crippen molar-refractivity contribution in [3.63, 3.8) is 0 Å². The van der Waals surface area contributed by atoms with Crippen LogP contribution in [-0.4, -0.2) is 65.3 Å². The number of nitrogens with one attached hydrogen (secondary N) is 1. The van der Waals surface area contributed by atoms with Crippen LogP contribution in [0.4, 0.5) is 0 Å². The summed E-state index contributed by atoms with van der Waals surface area (Å²) >= 11 is 6.79. The molecule has 0 aliphatic carbocycles. The van der Waals surface area contributed by atoms with Gasteiger partial charge in [0.1, 0.15) is 5.69 Å². The molecule has 2 aromatic rings. The Bertz CT molecular complexity index is 1910. The zero-order chi connectivity index (χ0) is 54.7. The first-order chi connectivity index (χ1) is 33.1. The van der Waals surface area contributed by atoms with Crippen molar-refractivity contribution in [3.05, 3.63) is 64.5 Å². The average Bonchev–Trinajstić information content (AvgIpc) is 3.37. The minimum atomic E-state index is -3.24. The van der Waals surface area contributed by atoms with Crippen LogP contribution in [0.5, 0.6) is 0 Å². The van der Waals surface area contributed by atoms with Gasteiger partial charge >= 0.3 is 20.9 Å². The predicted octanol–water partition coefficient (Wildman–Crippen LogP) is 14.6. The van der Waals surface area contributed by atoms with Crippen LogP contribution in [0.25, 0.3) is 0 Å². The molecule has 12 heteroatoms. The summed E-state index contributed by atoms with van der Waals surface area (Å²) in [6.45, 7) is 46.1. The van der Waals surface area contributed by atoms with Gasteiger partial charge in [0, 0.05) is 38.1 Å². The van der Waals surface area contributed by atoms with E-state index in [1.54, 1.807) is 20.3 Å². The van der Waals surface area contributed by atoms with Gasteiger partial charge in [-0.05, 0) is 157 Å². The lowest BCUT2D eigenvalue weighted by molar-refractivity contribution is -0.191. The molecule has 1 amide bonds. The first-order valence-electron chi connectivity index (χ1n) is 27.0. The number of amides is 1. The van der Waals surface area contributed by atoms with Crippen molar-refractivity contribution in [3.8, 4) is 0 Å². The number of aromatic nitrogens is 1. The number of carbonyl (C=O) groups excluding carboxylic acids is 4. The Kier molecular flexibility index (Phi) is 28.9. The lowest BCUT2D eigenvalue weighted by Gasteiger charge is -2.52. The number of halogens is 1. The second-order valence-electron chi connectivity index (χ2n) is 22.6. The molecule has 0 bridgehead atoms. The van der Waals surface area contributed by atoms with Crippen LogP contribution in [0.15, 0.2) is 36.4 Å². The first-order valence-corrected chi connectivity index (χ1v) is 29.3. The summed E-state index contributed by atoms with van der Waals surface area (Å²) in [6.07, 6.45) is 3.44. The smallest absolute Gasteiger partial charge is 0.464 e. The molecule has 1 heterocycles. The summed E-state index contributed by atoms with van der Waals surface area (Å²) in [4.78, 5) is 46.1. The summed E-state index contributed by atoms with van der Waals surface area (Å²) in [5, 5.41) is 2.84. The molecule has 406 valence electrons. The van der Waals surface area contributed by atoms with E-state index in [0.29, 0.717) is 120 Å². The Hall–Kier alpha value is -2.92. The number of alkyl halides is 1. The van der Waals surface area contributed by atoms with Gasteiger partial charge in [0.05, 0.1) is 18.1 Å². The second kappa shape index (κ2) is 31.1. The fourth-order valence-electron chi connectivity index (χ4n) is 11.1. The molecule has 10 nitrogen and oxygen atoms in total. The highest BCUT2D eigenvalue weighted by molar-refractivity contribution is 6.60. The van der Waals surface area contributed by atoms with Gasteiger partial charge in [0.2, 0.25) is 0 Å². The Labute approximate surface area is 439 Å². The van der Waals surface area contributed by atoms with Crippen LogP contribution in [0.1, 0.15) is 187 Å². The molecule has 1 N–H and O–H groups in total. The van der Waals surface area contributed by atoms with Crippen LogP contribution >= 0.6 is 11.6 Å². The molecule has 0 fully saturated rings. The van der Waals surface area contributed by atoms with Gasteiger partial charge < -0.3 is 23.3 Å². The quantitative estimate of drug-likeness (QED) is 0.0352. The summed E-state index contributed by atoms with van der Waals surface area (Å²) < 4.78 is 25.3. The number of benzene rings is 1. The number of esters is 1. The van der Waals surface area contributed by atoms with Gasteiger partial charge in [0.25, 0.3) is 5.91 Å². The third-order valence-corrected chi connectivity index (χ3v) is 22.5. The number of carbonyl (C=O) groups is 2. The first kappa shape index (κ1) is 66.1. The molecular weight excluding hydrogens is 928 g/mol. The normalized spacial score (nSPS) is 19.3. The summed E-state index contributed by atoms with van der Waals surface area (Å²) in [5.74, 6) is 7.17. The van der Waals surface area contributed by atoms with Crippen LogP contribution in [0, 0.1) is 95.7 Å². The topological polar surface area (TPSA) is 130 Å². The van der Waals surface area contributed by atoms with Gasteiger partial charge in [-0.25, -0.2) is 9.78 Å². The molecule has 0 saturated heterocycles. The van der Waals surface area contributed by atoms with E-state index in [9.17, 15) is 9.59 Å². The van der Waals surface area contributed by atoms with Crippen molar-refractivity contribution in [1.29, 1.82) is 0 Å². The number of nitrogens with zero attached hydrogens (tertiary/aromatic N) is 1. The van der Waals surface area contributed by atoms with Crippen LogP contribution < -0.4 is 5.32 Å². The Morgan fingerprint density at radius 2 is 1.15 bits per heavy atom. The molecule has 0 spiro atoms. The van der Waals surface area contributed by atoms with Gasteiger partial charge in [-0.2, -0.15) is 9.59 Å². The molecule has 0 radical (unpaired) electrons. The fraction of sp³-hybridized carbons (Fsp3) is 0.763. The van der Waals surface area contributed by atoms with E-state index in [0.717, 1.165) is 11.1 Å². The van der Waals surface area contributed by atoms with Crippen molar-refractivity contribution in [2.24, 2.45) is 88.8 Å². The van der Waals surface area contributed by atoms with Crippen molar-refractivity contribution < 1.29 is 37.2 Å². The number of aryl methyl sites for hydroxylation is 2. The minimum Gasteiger partial charge on any atom is -0.464 e. The van der Waals surface area contributed by atoms with Crippen molar-refractivity contribution in [1.82, 2.24) is 10.3 Å². The van der Waals surface area contributed by atoms with Crippen LogP contribution in [0.2, 0.25) is 6.04 Å². The predicted molar refractivity (Wildman–Crippen MR) is 293 cm³/mol. The second-order valence-corrected chi connectivity index (χ2v) is 26.0. The van der Waals surface area contributed by atoms with Gasteiger partial charge in [-0.3, -0.25) is 4.79 Å². The molecule has 0 aliphatic rings. The maximum Gasteiger partial charge on any atom is 0.500 e. The number of hydrogen-bond acceptors (Lipinski definition) is 9. The highest BCUT2D eigenvalue weighted by atomic mass is 35.5. The van der Waals surface area contributed by atoms with E-state index in [1.165, 1.54) is 13.5 Å². The molecule has 1 aromatic carbocycles. The zero-order valence-electron chi connectivity index (χ0n) is 48.5. The third kappa shape index (κ3) is 18.5. The Balaban J connectivity index is 0.00000818. The standard InChI is InChI=1S/C58H101ClN2O6Si.CO2/c1-23-36(4)39(7)41(9)47(15)49(17)58(19,50(18)48(16)46(14)45(13)44(12)43(11)42(10)40(8)38(6)35(2)3)67-68(65-21,66-22)32-24-31-60-56(62)52-28-25-51(26-29-52)27-30-54(59)53-33-37(5)61-55(34-53)57(63)64-20;2-1-3/h25-26,28-29,33-36,38-50,54H,23-24,27,30-32H2,1-22H3,(H,60,62);. The van der Waals surface area contributed by atoms with Crippen molar-refractivity contribution >= 4 is 38.4 Å². The van der Waals surface area contributed by atoms with E-state index in [-0.39, 0.29) is 35.0 Å². The number of rotatable bonds is 30. The largest absolute Gasteiger partial charge is 0.500 e. The van der Waals surface area contributed by atoms with Crippen LogP contribution in [0.3, 0.4) is 0 Å². The summed E-state index contributed by atoms with van der Waals surface area (Å²) in [6, 6.07) is 11.9. The third-order valence-electron chi connectivity index (χ3n) is 19.0. The molecule has 2 rings (SSSR count). The number of pyridine rings is 1. The lowest BCUT2D eigenvalue weighted by Crippen LogP contribution is -2.59. The Morgan fingerprint density at radius 1 is 0.704 bits per heavy atom. The number of methoxy groups -OCH3 is 1. The monoisotopic (exact) mass is 1030 g/mol. The summed E-state index contributed by atoms with van der Waals surface area (Å²) in [7, 11) is 1.59. The number of hydrogen-bond donors (Lipinski definition) is 1. The molecule has 16 atom stereocenters. The van der Waals surface area contributed by atoms with E-state index < -0.39 is 20.4 Å². The zero-order valence-corrected chi connectivity index (χ0v) is 50.3. The molecule has 1 aromatic heterocycles. The highest BCUT2D eigenvalue weighted by Gasteiger charge is 2.53. The molecule has 16 unspecified atom stereocenters. The lowest BCUT2D eigenvalue weighted by atomic mass is 9.61. The van der Waals surface area contributed by atoms with E-state index >= 15 is 0 Å². The number of ether oxygens (including phenoxy) is 1.